The number of halogens is 2. The molecule has 0 aliphatic rings. The molecule has 0 atom stereocenters. The maximum Gasteiger partial charge on any atom is 0.171 e. The molecular formula is C8H6BrClN4S. The van der Waals surface area contributed by atoms with Gasteiger partial charge in [0.15, 0.2) is 5.82 Å². The molecule has 2 rings (SSSR count). The summed E-state index contributed by atoms with van der Waals surface area (Å²) in [5.74, 6) is 6.43. The molecule has 78 valence electrons. The Kier molecular flexibility index (Phi) is 3.20. The van der Waals surface area contributed by atoms with Crippen LogP contribution in [0.1, 0.15) is 0 Å². The van der Waals surface area contributed by atoms with Crippen LogP contribution in [0.5, 0.6) is 0 Å². The highest BCUT2D eigenvalue weighted by atomic mass is 79.9. The molecule has 0 aliphatic heterocycles. The Balaban J connectivity index is 2.44. The number of nitrogens with one attached hydrogen (secondary N) is 1. The second-order valence-electron chi connectivity index (χ2n) is 2.64. The number of nitrogens with zero attached hydrogens (tertiary/aromatic N) is 2. The van der Waals surface area contributed by atoms with E-state index >= 15 is 0 Å². The van der Waals surface area contributed by atoms with Crippen molar-refractivity contribution in [2.24, 2.45) is 5.84 Å². The van der Waals surface area contributed by atoms with Crippen LogP contribution in [0.25, 0.3) is 10.7 Å². The summed E-state index contributed by atoms with van der Waals surface area (Å²) in [7, 11) is 0. The van der Waals surface area contributed by atoms with Gasteiger partial charge in [0, 0.05) is 16.7 Å². The van der Waals surface area contributed by atoms with Gasteiger partial charge >= 0.3 is 0 Å². The molecule has 0 amide bonds. The Morgan fingerprint density at radius 2 is 2.33 bits per heavy atom. The highest BCUT2D eigenvalue weighted by Gasteiger charge is 2.09. The van der Waals surface area contributed by atoms with Crippen molar-refractivity contribution in [3.8, 4) is 10.7 Å². The Hall–Kier alpha value is -0.690. The molecule has 0 fully saturated rings. The maximum atomic E-state index is 5.93. The lowest BCUT2D eigenvalue weighted by molar-refractivity contribution is 1.15. The van der Waals surface area contributed by atoms with E-state index in [1.54, 1.807) is 12.3 Å². The van der Waals surface area contributed by atoms with Crippen molar-refractivity contribution in [3.05, 3.63) is 27.1 Å². The quantitative estimate of drug-likeness (QED) is 0.661. The van der Waals surface area contributed by atoms with Crippen LogP contribution in [0.3, 0.4) is 0 Å². The summed E-state index contributed by atoms with van der Waals surface area (Å²) in [6, 6.07) is 3.57. The molecule has 0 spiro atoms. The van der Waals surface area contributed by atoms with Crippen LogP contribution in [0.15, 0.2) is 22.8 Å². The molecule has 4 nitrogen and oxygen atoms in total. The molecule has 0 aromatic carbocycles. The van der Waals surface area contributed by atoms with E-state index in [0.29, 0.717) is 16.0 Å². The number of thiophene rings is 1. The van der Waals surface area contributed by atoms with E-state index in [1.165, 1.54) is 11.3 Å². The summed E-state index contributed by atoms with van der Waals surface area (Å²) in [5.41, 5.74) is 2.47. The molecular weight excluding hydrogens is 300 g/mol. The molecule has 2 aromatic heterocycles. The fourth-order valence-corrected chi connectivity index (χ4v) is 2.66. The second-order valence-corrected chi connectivity index (χ2v) is 5.15. The fourth-order valence-electron chi connectivity index (χ4n) is 1.01. The summed E-state index contributed by atoms with van der Waals surface area (Å²) in [4.78, 5) is 9.23. The number of aromatic nitrogens is 2. The van der Waals surface area contributed by atoms with Gasteiger partial charge in [-0.3, -0.25) is 0 Å². The van der Waals surface area contributed by atoms with E-state index in [1.807, 2.05) is 6.07 Å². The predicted octanol–water partition coefficient (Wildman–Crippen LogP) is 2.91. The Morgan fingerprint density at radius 3 is 2.93 bits per heavy atom. The van der Waals surface area contributed by atoms with E-state index in [4.69, 9.17) is 17.4 Å². The minimum atomic E-state index is 0.570. The van der Waals surface area contributed by atoms with E-state index in [-0.39, 0.29) is 0 Å². The van der Waals surface area contributed by atoms with Crippen molar-refractivity contribution in [2.75, 3.05) is 5.43 Å². The molecule has 3 N–H and O–H groups in total. The first-order chi connectivity index (χ1) is 7.20. The lowest BCUT2D eigenvalue weighted by Crippen LogP contribution is -2.08. The van der Waals surface area contributed by atoms with E-state index in [0.717, 1.165) is 9.35 Å². The topological polar surface area (TPSA) is 63.8 Å². The first kappa shape index (κ1) is 10.8. The molecule has 15 heavy (non-hydrogen) atoms. The zero-order valence-electron chi connectivity index (χ0n) is 7.37. The monoisotopic (exact) mass is 304 g/mol. The lowest BCUT2D eigenvalue weighted by Gasteiger charge is -1.99. The zero-order chi connectivity index (χ0) is 10.8. The summed E-state index contributed by atoms with van der Waals surface area (Å²) in [6.07, 6.45) is 1.64. The van der Waals surface area contributed by atoms with Crippen molar-refractivity contribution < 1.29 is 0 Å². The van der Waals surface area contributed by atoms with Crippen molar-refractivity contribution in [3.63, 3.8) is 0 Å². The molecule has 2 heterocycles. The first-order valence-electron chi connectivity index (χ1n) is 3.95. The summed E-state index contributed by atoms with van der Waals surface area (Å²) >= 11 is 10.7. The third-order valence-corrected chi connectivity index (χ3v) is 4.14. The Morgan fingerprint density at radius 1 is 1.53 bits per heavy atom. The molecule has 7 heteroatoms. The van der Waals surface area contributed by atoms with Gasteiger partial charge in [-0.2, -0.15) is 0 Å². The van der Waals surface area contributed by atoms with Crippen LogP contribution in [0, 0.1) is 0 Å². The van der Waals surface area contributed by atoms with Gasteiger partial charge in [-0.05, 0) is 22.0 Å². The van der Waals surface area contributed by atoms with Gasteiger partial charge < -0.3 is 5.43 Å². The number of nitrogen functional groups attached to an aromatic ring is 1. The highest BCUT2D eigenvalue weighted by molar-refractivity contribution is 9.10. The van der Waals surface area contributed by atoms with Crippen LogP contribution in [-0.4, -0.2) is 9.97 Å². The second kappa shape index (κ2) is 4.44. The minimum Gasteiger partial charge on any atom is -0.308 e. The van der Waals surface area contributed by atoms with Crippen molar-refractivity contribution in [1.29, 1.82) is 0 Å². The van der Waals surface area contributed by atoms with Crippen LogP contribution >= 0.6 is 38.9 Å². The predicted molar refractivity (Wildman–Crippen MR) is 65.9 cm³/mol. The van der Waals surface area contributed by atoms with E-state index in [9.17, 15) is 0 Å². The molecule has 0 saturated carbocycles. The molecule has 0 radical (unpaired) electrons. The molecule has 0 aliphatic carbocycles. The van der Waals surface area contributed by atoms with Crippen LogP contribution in [-0.2, 0) is 0 Å². The van der Waals surface area contributed by atoms with Gasteiger partial charge in [-0.25, -0.2) is 15.8 Å². The largest absolute Gasteiger partial charge is 0.308 e. The van der Waals surface area contributed by atoms with Gasteiger partial charge in [-0.15, -0.1) is 11.3 Å². The van der Waals surface area contributed by atoms with Gasteiger partial charge in [0.1, 0.15) is 10.2 Å². The number of rotatable bonds is 2. The normalized spacial score (nSPS) is 10.3. The SMILES string of the molecule is NNc1ccnc(-c2cc(Br)c(Cl)s2)n1. The third-order valence-electron chi connectivity index (χ3n) is 1.67. The average molecular weight is 306 g/mol. The van der Waals surface area contributed by atoms with Crippen molar-refractivity contribution >= 4 is 44.7 Å². The highest BCUT2D eigenvalue weighted by Crippen LogP contribution is 2.36. The minimum absolute atomic E-state index is 0.570. The first-order valence-corrected chi connectivity index (χ1v) is 5.94. The summed E-state index contributed by atoms with van der Waals surface area (Å²) in [5, 5.41) is 0. The van der Waals surface area contributed by atoms with E-state index in [2.05, 4.69) is 31.3 Å². The smallest absolute Gasteiger partial charge is 0.171 e. The van der Waals surface area contributed by atoms with E-state index < -0.39 is 0 Å². The van der Waals surface area contributed by atoms with Crippen LogP contribution in [0.2, 0.25) is 4.34 Å². The number of nitrogens with two attached hydrogens (primary N) is 1. The molecule has 2 aromatic rings. The van der Waals surface area contributed by atoms with Crippen LogP contribution in [0.4, 0.5) is 5.82 Å². The van der Waals surface area contributed by atoms with Gasteiger partial charge in [0.05, 0.1) is 4.88 Å². The number of hydrogen-bond acceptors (Lipinski definition) is 5. The molecule has 0 bridgehead atoms. The Labute approximate surface area is 104 Å². The summed E-state index contributed by atoms with van der Waals surface area (Å²) < 4.78 is 1.53. The number of hydrogen-bond donors (Lipinski definition) is 2. The van der Waals surface area contributed by atoms with Crippen molar-refractivity contribution in [2.45, 2.75) is 0 Å². The third kappa shape index (κ3) is 2.28. The molecule has 0 unspecified atom stereocenters. The standard InChI is InChI=1S/C8H6BrClN4S/c9-4-3-5(15-7(4)10)8-12-2-1-6(13-8)14-11/h1-3H,11H2,(H,12,13,14). The Bertz CT molecular complexity index is 468. The van der Waals surface area contributed by atoms with Gasteiger partial charge in [-0.1, -0.05) is 11.6 Å². The molecule has 0 saturated heterocycles. The van der Waals surface area contributed by atoms with Gasteiger partial charge in [0.2, 0.25) is 0 Å². The fraction of sp³-hybridized carbons (Fsp3) is 0. The number of hydrazine groups is 1. The summed E-state index contributed by atoms with van der Waals surface area (Å²) in [6.45, 7) is 0. The number of anilines is 1. The van der Waals surface area contributed by atoms with Crippen LogP contribution < -0.4 is 11.3 Å². The maximum absolute atomic E-state index is 5.93. The van der Waals surface area contributed by atoms with Crippen molar-refractivity contribution in [1.82, 2.24) is 9.97 Å². The van der Waals surface area contributed by atoms with Gasteiger partial charge in [0.25, 0.3) is 0 Å². The lowest BCUT2D eigenvalue weighted by atomic mass is 10.4. The average Bonchev–Trinajstić information content (AvgIpc) is 2.59. The zero-order valence-corrected chi connectivity index (χ0v) is 10.5.